The van der Waals surface area contributed by atoms with Crippen molar-refractivity contribution in [2.75, 3.05) is 0 Å². The van der Waals surface area contributed by atoms with Crippen molar-refractivity contribution in [2.45, 2.75) is 25.0 Å². The summed E-state index contributed by atoms with van der Waals surface area (Å²) in [5, 5.41) is 0.826. The van der Waals surface area contributed by atoms with Crippen molar-refractivity contribution in [1.29, 1.82) is 0 Å². The zero-order chi connectivity index (χ0) is 14.4. The Kier molecular flexibility index (Phi) is 2.83. The van der Waals surface area contributed by atoms with Crippen molar-refractivity contribution in [3.63, 3.8) is 0 Å². The van der Waals surface area contributed by atoms with Crippen LogP contribution in [0, 0.1) is 0 Å². The van der Waals surface area contributed by atoms with E-state index in [-0.39, 0.29) is 0 Å². The van der Waals surface area contributed by atoms with Gasteiger partial charge in [-0.25, -0.2) is 17.4 Å². The number of aromatic nitrogens is 2. The molecule has 4 nitrogen and oxygen atoms in total. The molecule has 3 rings (SSSR count). The summed E-state index contributed by atoms with van der Waals surface area (Å²) < 4.78 is 26.3. The molecule has 1 unspecified atom stereocenters. The van der Waals surface area contributed by atoms with Gasteiger partial charge in [0.15, 0.2) is 5.65 Å². The first-order valence-corrected chi connectivity index (χ1v) is 7.90. The Labute approximate surface area is 118 Å². The van der Waals surface area contributed by atoms with E-state index in [0.717, 1.165) is 11.0 Å². The summed E-state index contributed by atoms with van der Waals surface area (Å²) in [6, 6.07) is 5.44. The Balaban J connectivity index is 2.18. The Morgan fingerprint density at radius 3 is 2.90 bits per heavy atom. The Hall–Kier alpha value is -1.88. The lowest BCUT2D eigenvalue weighted by Gasteiger charge is -2.29. The second kappa shape index (κ2) is 4.31. The van der Waals surface area contributed by atoms with Crippen molar-refractivity contribution >= 4 is 21.1 Å². The summed E-state index contributed by atoms with van der Waals surface area (Å²) >= 11 is 0. The van der Waals surface area contributed by atoms with E-state index in [1.807, 2.05) is 25.1 Å². The van der Waals surface area contributed by atoms with E-state index in [4.69, 9.17) is 0 Å². The number of hydrogen-bond donors (Lipinski definition) is 0. The van der Waals surface area contributed by atoms with Gasteiger partial charge >= 0.3 is 0 Å². The van der Waals surface area contributed by atoms with Crippen molar-refractivity contribution in [3.8, 4) is 0 Å². The van der Waals surface area contributed by atoms with Crippen LogP contribution in [0.3, 0.4) is 0 Å². The van der Waals surface area contributed by atoms with Crippen LogP contribution in [0.2, 0.25) is 0 Å². The number of fused-ring (bicyclic) bond motifs is 1. The minimum Gasteiger partial charge on any atom is -0.237 e. The van der Waals surface area contributed by atoms with Gasteiger partial charge in [0, 0.05) is 17.8 Å². The fourth-order valence-corrected chi connectivity index (χ4v) is 4.34. The maximum atomic E-state index is 13.0. The summed E-state index contributed by atoms with van der Waals surface area (Å²) in [4.78, 5) is 4.20. The zero-order valence-corrected chi connectivity index (χ0v) is 12.3. The van der Waals surface area contributed by atoms with Crippen LogP contribution in [0.1, 0.15) is 20.3 Å². The largest absolute Gasteiger partial charge is 0.249 e. The van der Waals surface area contributed by atoms with Crippen LogP contribution >= 0.6 is 0 Å². The Bertz CT molecular complexity index is 830. The lowest BCUT2D eigenvalue weighted by Crippen LogP contribution is -2.38. The quantitative estimate of drug-likeness (QED) is 0.854. The van der Waals surface area contributed by atoms with Gasteiger partial charge in [-0.05, 0) is 38.5 Å². The molecular weight excluding hydrogens is 272 g/mol. The monoisotopic (exact) mass is 288 g/mol. The third-order valence-corrected chi connectivity index (χ3v) is 5.99. The van der Waals surface area contributed by atoms with Gasteiger partial charge in [-0.3, -0.25) is 0 Å². The average molecular weight is 288 g/mol. The second-order valence-corrected chi connectivity index (χ2v) is 7.67. The van der Waals surface area contributed by atoms with Crippen LogP contribution in [0.5, 0.6) is 0 Å². The van der Waals surface area contributed by atoms with E-state index in [2.05, 4.69) is 4.98 Å². The van der Waals surface area contributed by atoms with Crippen LogP contribution in [0.4, 0.5) is 0 Å². The van der Waals surface area contributed by atoms with Crippen molar-refractivity contribution < 1.29 is 8.42 Å². The Morgan fingerprint density at radius 1 is 1.35 bits per heavy atom. The molecule has 0 N–H and O–H groups in total. The maximum absolute atomic E-state index is 13.0. The molecule has 0 saturated carbocycles. The number of hydrogen-bond acceptors (Lipinski definition) is 3. The van der Waals surface area contributed by atoms with E-state index < -0.39 is 14.8 Å². The van der Waals surface area contributed by atoms with E-state index in [1.54, 1.807) is 37.5 Å². The van der Waals surface area contributed by atoms with Crippen molar-refractivity contribution in [1.82, 2.24) is 8.96 Å². The van der Waals surface area contributed by atoms with Gasteiger partial charge in [-0.15, -0.1) is 0 Å². The van der Waals surface area contributed by atoms with Crippen LogP contribution in [-0.4, -0.2) is 22.1 Å². The topological polar surface area (TPSA) is 52.0 Å². The molecule has 1 atom stereocenters. The molecule has 0 radical (unpaired) electrons. The zero-order valence-electron chi connectivity index (χ0n) is 11.4. The predicted octanol–water partition coefficient (Wildman–Crippen LogP) is 2.88. The van der Waals surface area contributed by atoms with E-state index in [9.17, 15) is 8.42 Å². The van der Waals surface area contributed by atoms with Gasteiger partial charge in [-0.1, -0.05) is 23.8 Å². The number of rotatable bonds is 2. The highest BCUT2D eigenvalue weighted by Gasteiger charge is 2.39. The van der Waals surface area contributed by atoms with Gasteiger partial charge in [0.05, 0.1) is 0 Å². The SMILES string of the molecule is CC1=CC=CC(C)(S(=O)(=O)n2ccc3cccnc32)C1. The number of nitrogens with zero attached hydrogens (tertiary/aromatic N) is 2. The highest BCUT2D eigenvalue weighted by molar-refractivity contribution is 7.91. The molecule has 20 heavy (non-hydrogen) atoms. The molecule has 2 aromatic rings. The van der Waals surface area contributed by atoms with Gasteiger partial charge in [0.2, 0.25) is 10.0 Å². The lowest BCUT2D eigenvalue weighted by molar-refractivity contribution is 0.551. The van der Waals surface area contributed by atoms with Crippen LogP contribution in [0.25, 0.3) is 11.0 Å². The third-order valence-electron chi connectivity index (χ3n) is 3.72. The summed E-state index contributed by atoms with van der Waals surface area (Å²) in [6.45, 7) is 3.70. The van der Waals surface area contributed by atoms with Crippen molar-refractivity contribution in [2.24, 2.45) is 0 Å². The number of allylic oxidation sites excluding steroid dienone is 3. The lowest BCUT2D eigenvalue weighted by atomic mass is 9.96. The molecule has 1 aliphatic carbocycles. The normalized spacial score (nSPS) is 23.0. The molecule has 0 aliphatic heterocycles. The molecular formula is C15H16N2O2S. The summed E-state index contributed by atoms with van der Waals surface area (Å²) in [7, 11) is -3.55. The first-order valence-electron chi connectivity index (χ1n) is 6.46. The van der Waals surface area contributed by atoms with E-state index >= 15 is 0 Å². The van der Waals surface area contributed by atoms with E-state index in [1.165, 1.54) is 3.97 Å². The standard InChI is InChI=1S/C15H16N2O2S/c1-12-5-3-8-15(2,11-12)20(18,19)17-10-7-13-6-4-9-16-14(13)17/h3-10H,11H2,1-2H3. The molecule has 2 heterocycles. The summed E-state index contributed by atoms with van der Waals surface area (Å²) in [6.07, 6.45) is 9.21. The summed E-state index contributed by atoms with van der Waals surface area (Å²) in [5.41, 5.74) is 1.54. The molecule has 5 heteroatoms. The third kappa shape index (κ3) is 1.81. The molecule has 0 bridgehead atoms. The Morgan fingerprint density at radius 2 is 2.15 bits per heavy atom. The van der Waals surface area contributed by atoms with Crippen LogP contribution in [-0.2, 0) is 10.0 Å². The predicted molar refractivity (Wildman–Crippen MR) is 80.0 cm³/mol. The molecule has 104 valence electrons. The molecule has 0 spiro atoms. The van der Waals surface area contributed by atoms with E-state index in [0.29, 0.717) is 12.1 Å². The van der Waals surface area contributed by atoms with Gasteiger partial charge in [0.1, 0.15) is 4.75 Å². The fraction of sp³-hybridized carbons (Fsp3) is 0.267. The van der Waals surface area contributed by atoms with Gasteiger partial charge < -0.3 is 0 Å². The molecule has 0 aromatic carbocycles. The van der Waals surface area contributed by atoms with Crippen LogP contribution < -0.4 is 0 Å². The summed E-state index contributed by atoms with van der Waals surface area (Å²) in [5.74, 6) is 0. The molecule has 2 aromatic heterocycles. The van der Waals surface area contributed by atoms with Gasteiger partial charge in [-0.2, -0.15) is 0 Å². The first kappa shape index (κ1) is 13.1. The molecule has 0 amide bonds. The average Bonchev–Trinajstić information content (AvgIpc) is 2.82. The first-order chi connectivity index (χ1) is 9.44. The molecule has 0 saturated heterocycles. The van der Waals surface area contributed by atoms with Crippen molar-refractivity contribution in [3.05, 3.63) is 54.4 Å². The molecule has 0 fully saturated rings. The second-order valence-electron chi connectivity index (χ2n) is 5.39. The minimum absolute atomic E-state index is 0.481. The molecule has 1 aliphatic rings. The maximum Gasteiger partial charge on any atom is 0.249 e. The van der Waals surface area contributed by atoms with Crippen LogP contribution in [0.15, 0.2) is 54.4 Å². The highest BCUT2D eigenvalue weighted by atomic mass is 32.2. The number of pyridine rings is 1. The fourth-order valence-electron chi connectivity index (χ4n) is 2.63. The smallest absolute Gasteiger partial charge is 0.237 e. The minimum atomic E-state index is -3.55. The van der Waals surface area contributed by atoms with Gasteiger partial charge in [0.25, 0.3) is 0 Å². The highest BCUT2D eigenvalue weighted by Crippen LogP contribution is 2.33.